The standard InChI is InChI=1S/C12H11IN2O/c13-10-5-1-2-6-11(10)16-12-9(8-14)4-3-7-15-12/h1-7H,8,14H2. The molecule has 1 aromatic heterocycles. The second-order valence-electron chi connectivity index (χ2n) is 3.20. The van der Waals surface area contributed by atoms with E-state index >= 15 is 0 Å². The molecular weight excluding hydrogens is 315 g/mol. The van der Waals surface area contributed by atoms with Gasteiger partial charge in [-0.25, -0.2) is 4.98 Å². The Kier molecular flexibility index (Phi) is 3.74. The Hall–Kier alpha value is -1.14. The maximum atomic E-state index is 5.73. The molecule has 0 aliphatic carbocycles. The molecule has 0 atom stereocenters. The predicted molar refractivity (Wildman–Crippen MR) is 71.4 cm³/mol. The first kappa shape index (κ1) is 11.3. The van der Waals surface area contributed by atoms with Crippen LogP contribution in [0.4, 0.5) is 0 Å². The molecule has 0 spiro atoms. The van der Waals surface area contributed by atoms with Crippen molar-refractivity contribution in [3.8, 4) is 11.6 Å². The van der Waals surface area contributed by atoms with Gasteiger partial charge in [0.05, 0.1) is 3.57 Å². The SMILES string of the molecule is NCc1cccnc1Oc1ccccc1I. The molecule has 82 valence electrons. The molecule has 0 saturated heterocycles. The number of benzene rings is 1. The average Bonchev–Trinajstić information content (AvgIpc) is 2.33. The molecule has 1 heterocycles. The first-order valence-corrected chi connectivity index (χ1v) is 5.95. The molecule has 0 saturated carbocycles. The lowest BCUT2D eigenvalue weighted by Gasteiger charge is -2.09. The van der Waals surface area contributed by atoms with Gasteiger partial charge in [-0.3, -0.25) is 0 Å². The van der Waals surface area contributed by atoms with Crippen molar-refractivity contribution in [2.24, 2.45) is 5.73 Å². The third-order valence-corrected chi connectivity index (χ3v) is 3.00. The Morgan fingerprint density at radius 1 is 1.19 bits per heavy atom. The molecule has 0 bridgehead atoms. The van der Waals surface area contributed by atoms with Crippen molar-refractivity contribution in [2.75, 3.05) is 0 Å². The summed E-state index contributed by atoms with van der Waals surface area (Å²) in [6.07, 6.45) is 1.70. The number of pyridine rings is 1. The average molecular weight is 326 g/mol. The summed E-state index contributed by atoms with van der Waals surface area (Å²) in [5, 5.41) is 0. The van der Waals surface area contributed by atoms with Crippen LogP contribution >= 0.6 is 22.6 Å². The number of hydrogen-bond acceptors (Lipinski definition) is 3. The number of ether oxygens (including phenoxy) is 1. The van der Waals surface area contributed by atoms with E-state index in [4.69, 9.17) is 10.5 Å². The summed E-state index contributed by atoms with van der Waals surface area (Å²) in [6.45, 7) is 0.423. The van der Waals surface area contributed by atoms with E-state index in [1.807, 2.05) is 36.4 Å². The lowest BCUT2D eigenvalue weighted by molar-refractivity contribution is 0.453. The highest BCUT2D eigenvalue weighted by atomic mass is 127. The van der Waals surface area contributed by atoms with Crippen molar-refractivity contribution in [3.63, 3.8) is 0 Å². The fourth-order valence-corrected chi connectivity index (χ4v) is 1.80. The predicted octanol–water partition coefficient (Wildman–Crippen LogP) is 2.94. The molecule has 3 nitrogen and oxygen atoms in total. The van der Waals surface area contributed by atoms with Crippen molar-refractivity contribution in [2.45, 2.75) is 6.54 Å². The van der Waals surface area contributed by atoms with Crippen LogP contribution in [0.2, 0.25) is 0 Å². The number of para-hydroxylation sites is 1. The van der Waals surface area contributed by atoms with Crippen LogP contribution in [0.15, 0.2) is 42.6 Å². The maximum Gasteiger partial charge on any atom is 0.223 e. The molecule has 0 unspecified atom stereocenters. The van der Waals surface area contributed by atoms with Crippen LogP contribution < -0.4 is 10.5 Å². The molecule has 2 N–H and O–H groups in total. The number of rotatable bonds is 3. The van der Waals surface area contributed by atoms with Crippen LogP contribution in [0.5, 0.6) is 11.6 Å². The molecule has 0 aliphatic heterocycles. The summed E-state index contributed by atoms with van der Waals surface area (Å²) >= 11 is 2.23. The lowest BCUT2D eigenvalue weighted by Crippen LogP contribution is -2.01. The van der Waals surface area contributed by atoms with E-state index in [1.54, 1.807) is 6.20 Å². The van der Waals surface area contributed by atoms with Gasteiger partial charge in [-0.05, 0) is 40.8 Å². The van der Waals surface area contributed by atoms with Gasteiger partial charge in [0, 0.05) is 18.3 Å². The van der Waals surface area contributed by atoms with Crippen LogP contribution in [0.25, 0.3) is 0 Å². The third kappa shape index (κ3) is 2.51. The number of hydrogen-bond donors (Lipinski definition) is 1. The Labute approximate surface area is 108 Å². The minimum atomic E-state index is 0.423. The fraction of sp³-hybridized carbons (Fsp3) is 0.0833. The van der Waals surface area contributed by atoms with Crippen molar-refractivity contribution in [1.82, 2.24) is 4.98 Å². The minimum Gasteiger partial charge on any atom is -0.438 e. The van der Waals surface area contributed by atoms with E-state index in [9.17, 15) is 0 Å². The number of nitrogens with zero attached hydrogens (tertiary/aromatic N) is 1. The zero-order valence-corrected chi connectivity index (χ0v) is 10.7. The molecule has 2 aromatic rings. The first-order chi connectivity index (χ1) is 7.81. The Bertz CT molecular complexity index is 488. The molecule has 1 aromatic carbocycles. The summed E-state index contributed by atoms with van der Waals surface area (Å²) in [4.78, 5) is 4.18. The molecule has 0 aliphatic rings. The van der Waals surface area contributed by atoms with Crippen molar-refractivity contribution >= 4 is 22.6 Å². The van der Waals surface area contributed by atoms with Crippen LogP contribution in [0.1, 0.15) is 5.56 Å². The van der Waals surface area contributed by atoms with E-state index in [1.165, 1.54) is 0 Å². The second-order valence-corrected chi connectivity index (χ2v) is 4.37. The maximum absolute atomic E-state index is 5.73. The van der Waals surface area contributed by atoms with Gasteiger partial charge in [-0.15, -0.1) is 0 Å². The lowest BCUT2D eigenvalue weighted by atomic mass is 10.3. The van der Waals surface area contributed by atoms with Gasteiger partial charge >= 0.3 is 0 Å². The summed E-state index contributed by atoms with van der Waals surface area (Å²) in [5.74, 6) is 1.38. The summed E-state index contributed by atoms with van der Waals surface area (Å²) in [5.41, 5.74) is 6.53. The molecule has 0 amide bonds. The Morgan fingerprint density at radius 3 is 2.75 bits per heavy atom. The van der Waals surface area contributed by atoms with Gasteiger partial charge in [0.1, 0.15) is 5.75 Å². The zero-order chi connectivity index (χ0) is 11.4. The third-order valence-electron chi connectivity index (χ3n) is 2.11. The van der Waals surface area contributed by atoms with E-state index in [2.05, 4.69) is 27.6 Å². The van der Waals surface area contributed by atoms with Crippen LogP contribution in [0, 0.1) is 3.57 Å². The van der Waals surface area contributed by atoms with E-state index in [-0.39, 0.29) is 0 Å². The van der Waals surface area contributed by atoms with Gasteiger partial charge in [-0.1, -0.05) is 18.2 Å². The first-order valence-electron chi connectivity index (χ1n) is 4.87. The monoisotopic (exact) mass is 326 g/mol. The Balaban J connectivity index is 2.30. The fourth-order valence-electron chi connectivity index (χ4n) is 1.30. The number of halogens is 1. The highest BCUT2D eigenvalue weighted by Gasteiger charge is 2.06. The largest absolute Gasteiger partial charge is 0.438 e. The highest BCUT2D eigenvalue weighted by Crippen LogP contribution is 2.26. The summed E-state index contributed by atoms with van der Waals surface area (Å²) in [6, 6.07) is 11.6. The molecule has 4 heteroatoms. The topological polar surface area (TPSA) is 48.1 Å². The van der Waals surface area contributed by atoms with E-state index < -0.39 is 0 Å². The van der Waals surface area contributed by atoms with Crippen molar-refractivity contribution in [3.05, 3.63) is 51.7 Å². The number of aromatic nitrogens is 1. The van der Waals surface area contributed by atoms with Crippen molar-refractivity contribution < 1.29 is 4.74 Å². The van der Waals surface area contributed by atoms with Crippen LogP contribution in [-0.4, -0.2) is 4.98 Å². The van der Waals surface area contributed by atoms with Crippen molar-refractivity contribution in [1.29, 1.82) is 0 Å². The van der Waals surface area contributed by atoms with Crippen LogP contribution in [0.3, 0.4) is 0 Å². The highest BCUT2D eigenvalue weighted by molar-refractivity contribution is 14.1. The Morgan fingerprint density at radius 2 is 2.00 bits per heavy atom. The van der Waals surface area contributed by atoms with E-state index in [0.717, 1.165) is 14.9 Å². The molecule has 16 heavy (non-hydrogen) atoms. The number of nitrogens with two attached hydrogens (primary N) is 1. The van der Waals surface area contributed by atoms with Gasteiger partial charge in [-0.2, -0.15) is 0 Å². The normalized spacial score (nSPS) is 10.1. The van der Waals surface area contributed by atoms with Gasteiger partial charge in [0.25, 0.3) is 0 Å². The van der Waals surface area contributed by atoms with Gasteiger partial charge in [0.15, 0.2) is 0 Å². The quantitative estimate of drug-likeness (QED) is 0.883. The molecule has 2 rings (SSSR count). The second kappa shape index (κ2) is 5.27. The minimum absolute atomic E-state index is 0.423. The smallest absolute Gasteiger partial charge is 0.223 e. The van der Waals surface area contributed by atoms with Gasteiger partial charge in [0.2, 0.25) is 5.88 Å². The van der Waals surface area contributed by atoms with Crippen LogP contribution in [-0.2, 0) is 6.54 Å². The molecule has 0 fully saturated rings. The molecular formula is C12H11IN2O. The van der Waals surface area contributed by atoms with E-state index in [0.29, 0.717) is 12.4 Å². The molecule has 0 radical (unpaired) electrons. The zero-order valence-electron chi connectivity index (χ0n) is 8.56. The summed E-state index contributed by atoms with van der Waals surface area (Å²) in [7, 11) is 0. The summed E-state index contributed by atoms with van der Waals surface area (Å²) < 4.78 is 6.78. The van der Waals surface area contributed by atoms with Gasteiger partial charge < -0.3 is 10.5 Å².